The van der Waals surface area contributed by atoms with Crippen LogP contribution in [0.2, 0.25) is 5.02 Å². The van der Waals surface area contributed by atoms with Gasteiger partial charge in [-0.25, -0.2) is 18.7 Å². The molecule has 2 aromatic carbocycles. The Kier molecular flexibility index (Phi) is 9.02. The molecule has 13 heteroatoms. The standard InChI is InChI=1S/C21H16BrClF4N4O3/c22-5-1-2-17(32)30-15-8-11-14(9-16(15)33-6-7-34-21(26)27)28-10-29-20(11)31-13-4-3-12(24)18(23)19(13)25/h1-4,8-10,21H,5-7H2,(H,30,32)(H,28,29,31)/b2-1+. The summed E-state index contributed by atoms with van der Waals surface area (Å²) in [6, 6.07) is 5.05. The van der Waals surface area contributed by atoms with Crippen molar-refractivity contribution in [3.8, 4) is 5.75 Å². The smallest absolute Gasteiger partial charge is 0.345 e. The molecule has 34 heavy (non-hydrogen) atoms. The van der Waals surface area contributed by atoms with E-state index in [0.29, 0.717) is 16.2 Å². The Balaban J connectivity index is 1.99. The van der Waals surface area contributed by atoms with Gasteiger partial charge < -0.3 is 20.1 Å². The number of nitrogens with zero attached hydrogens (tertiary/aromatic N) is 2. The number of fused-ring (bicyclic) bond motifs is 1. The molecule has 0 saturated carbocycles. The van der Waals surface area contributed by atoms with E-state index in [2.05, 4.69) is 41.3 Å². The van der Waals surface area contributed by atoms with Gasteiger partial charge in [0.1, 0.15) is 35.3 Å². The van der Waals surface area contributed by atoms with E-state index >= 15 is 0 Å². The van der Waals surface area contributed by atoms with Crippen LogP contribution in [0.25, 0.3) is 10.9 Å². The summed E-state index contributed by atoms with van der Waals surface area (Å²) in [5.74, 6) is -2.16. The van der Waals surface area contributed by atoms with Crippen molar-refractivity contribution in [3.05, 3.63) is 59.4 Å². The van der Waals surface area contributed by atoms with Crippen molar-refractivity contribution in [2.24, 2.45) is 0 Å². The molecule has 7 nitrogen and oxygen atoms in total. The number of halogens is 6. The number of benzene rings is 2. The largest absolute Gasteiger partial charge is 0.489 e. The Bertz CT molecular complexity index is 1220. The molecule has 180 valence electrons. The minimum absolute atomic E-state index is 0.130. The van der Waals surface area contributed by atoms with Crippen LogP contribution < -0.4 is 15.4 Å². The molecule has 3 rings (SSSR count). The molecule has 0 atom stereocenters. The molecule has 3 aromatic rings. The van der Waals surface area contributed by atoms with Gasteiger partial charge in [-0.2, -0.15) is 8.78 Å². The number of amides is 1. The SMILES string of the molecule is O=C(/C=C/CBr)Nc1cc2c(Nc3ccc(F)c(Cl)c3F)ncnc2cc1OCCOC(F)F. The number of hydrogen-bond donors (Lipinski definition) is 2. The average Bonchev–Trinajstić information content (AvgIpc) is 2.81. The fourth-order valence-corrected chi connectivity index (χ4v) is 3.12. The first-order valence-electron chi connectivity index (χ1n) is 9.55. The van der Waals surface area contributed by atoms with Crippen molar-refractivity contribution in [2.75, 3.05) is 29.2 Å². The third kappa shape index (κ3) is 6.55. The number of aromatic nitrogens is 2. The predicted molar refractivity (Wildman–Crippen MR) is 123 cm³/mol. The van der Waals surface area contributed by atoms with Crippen LogP contribution in [0.1, 0.15) is 0 Å². The van der Waals surface area contributed by atoms with E-state index in [1.54, 1.807) is 6.08 Å². The maximum atomic E-state index is 14.4. The lowest BCUT2D eigenvalue weighted by molar-refractivity contribution is -0.133. The van der Waals surface area contributed by atoms with Gasteiger partial charge in [-0.15, -0.1) is 0 Å². The Hall–Kier alpha value is -2.96. The topological polar surface area (TPSA) is 85.4 Å². The van der Waals surface area contributed by atoms with E-state index < -0.39 is 35.8 Å². The van der Waals surface area contributed by atoms with Gasteiger partial charge in [-0.1, -0.05) is 33.6 Å². The lowest BCUT2D eigenvalue weighted by Gasteiger charge is -2.15. The lowest BCUT2D eigenvalue weighted by atomic mass is 10.1. The highest BCUT2D eigenvalue weighted by atomic mass is 79.9. The Morgan fingerprint density at radius 1 is 1.18 bits per heavy atom. The molecule has 0 aliphatic heterocycles. The molecule has 0 radical (unpaired) electrons. The molecule has 1 amide bonds. The summed E-state index contributed by atoms with van der Waals surface area (Å²) < 4.78 is 62.0. The maximum absolute atomic E-state index is 14.4. The summed E-state index contributed by atoms with van der Waals surface area (Å²) in [5.41, 5.74) is 0.357. The van der Waals surface area contributed by atoms with E-state index in [1.807, 2.05) is 0 Å². The van der Waals surface area contributed by atoms with Gasteiger partial charge in [0.2, 0.25) is 5.91 Å². The molecule has 2 N–H and O–H groups in total. The first kappa shape index (κ1) is 25.7. The van der Waals surface area contributed by atoms with E-state index in [0.717, 1.165) is 12.1 Å². The van der Waals surface area contributed by atoms with Gasteiger partial charge in [0.25, 0.3) is 0 Å². The highest BCUT2D eigenvalue weighted by Crippen LogP contribution is 2.34. The normalized spacial score (nSPS) is 11.4. The van der Waals surface area contributed by atoms with Gasteiger partial charge in [0.15, 0.2) is 5.82 Å². The van der Waals surface area contributed by atoms with E-state index in [1.165, 1.54) is 24.5 Å². The summed E-state index contributed by atoms with van der Waals surface area (Å²) in [5, 5.41) is 5.45. The van der Waals surface area contributed by atoms with Crippen molar-refractivity contribution >= 4 is 61.5 Å². The lowest BCUT2D eigenvalue weighted by Crippen LogP contribution is -2.13. The molecule has 0 saturated heterocycles. The average molecular weight is 564 g/mol. The molecule has 0 aliphatic rings. The third-order valence-corrected chi connectivity index (χ3v) is 4.95. The number of carbonyl (C=O) groups excluding carboxylic acids is 1. The molecule has 0 unspecified atom stereocenters. The number of carbonyl (C=O) groups is 1. The second-order valence-corrected chi connectivity index (χ2v) is 7.49. The van der Waals surface area contributed by atoms with Gasteiger partial charge in [-0.05, 0) is 18.2 Å². The first-order chi connectivity index (χ1) is 16.3. The van der Waals surface area contributed by atoms with E-state index in [4.69, 9.17) is 16.3 Å². The summed E-state index contributed by atoms with van der Waals surface area (Å²) >= 11 is 8.80. The van der Waals surface area contributed by atoms with Crippen molar-refractivity contribution in [1.82, 2.24) is 9.97 Å². The molecular weight excluding hydrogens is 548 g/mol. The van der Waals surface area contributed by atoms with Gasteiger partial charge in [-0.3, -0.25) is 4.79 Å². The Labute approximate surface area is 204 Å². The quantitative estimate of drug-likeness (QED) is 0.106. The van der Waals surface area contributed by atoms with Crippen LogP contribution in [0.15, 0.2) is 42.7 Å². The molecule has 0 spiro atoms. The van der Waals surface area contributed by atoms with Crippen LogP contribution in [0.5, 0.6) is 5.75 Å². The van der Waals surface area contributed by atoms with Gasteiger partial charge in [0, 0.05) is 22.9 Å². The predicted octanol–water partition coefficient (Wildman–Crippen LogP) is 5.81. The van der Waals surface area contributed by atoms with Crippen LogP contribution in [0.4, 0.5) is 34.8 Å². The second-order valence-electron chi connectivity index (χ2n) is 6.46. The summed E-state index contributed by atoms with van der Waals surface area (Å²) in [7, 11) is 0. The number of hydrogen-bond acceptors (Lipinski definition) is 6. The van der Waals surface area contributed by atoms with Crippen molar-refractivity contribution < 1.29 is 31.8 Å². The fourth-order valence-electron chi connectivity index (χ4n) is 2.77. The van der Waals surface area contributed by atoms with E-state index in [9.17, 15) is 22.4 Å². The number of allylic oxidation sites excluding steroid dienone is 1. The zero-order valence-corrected chi connectivity index (χ0v) is 19.5. The monoisotopic (exact) mass is 562 g/mol. The van der Waals surface area contributed by atoms with Crippen LogP contribution in [0, 0.1) is 11.6 Å². The van der Waals surface area contributed by atoms with Crippen LogP contribution in [0.3, 0.4) is 0 Å². The summed E-state index contributed by atoms with van der Waals surface area (Å²) in [6.07, 6.45) is 4.03. The maximum Gasteiger partial charge on any atom is 0.345 e. The van der Waals surface area contributed by atoms with Crippen molar-refractivity contribution in [2.45, 2.75) is 6.61 Å². The molecular formula is C21H16BrClF4N4O3. The number of nitrogens with one attached hydrogen (secondary N) is 2. The molecule has 0 bridgehead atoms. The molecule has 0 aliphatic carbocycles. The third-order valence-electron chi connectivity index (χ3n) is 4.23. The van der Waals surface area contributed by atoms with Gasteiger partial charge in [0.05, 0.1) is 23.5 Å². The zero-order chi connectivity index (χ0) is 24.7. The molecule has 0 fully saturated rings. The number of rotatable bonds is 10. The molecule has 1 heterocycles. The number of ether oxygens (including phenoxy) is 2. The van der Waals surface area contributed by atoms with Gasteiger partial charge >= 0.3 is 6.61 Å². The van der Waals surface area contributed by atoms with Crippen LogP contribution in [-0.2, 0) is 9.53 Å². The zero-order valence-electron chi connectivity index (χ0n) is 17.1. The second kappa shape index (κ2) is 12.0. The van der Waals surface area contributed by atoms with Crippen LogP contribution in [-0.4, -0.2) is 41.0 Å². The molecule has 1 aromatic heterocycles. The summed E-state index contributed by atoms with van der Waals surface area (Å²) in [4.78, 5) is 20.4. The minimum atomic E-state index is -2.95. The van der Waals surface area contributed by atoms with Crippen LogP contribution >= 0.6 is 27.5 Å². The number of anilines is 3. The Morgan fingerprint density at radius 3 is 2.71 bits per heavy atom. The highest BCUT2D eigenvalue weighted by Gasteiger charge is 2.16. The minimum Gasteiger partial charge on any atom is -0.489 e. The van der Waals surface area contributed by atoms with Crippen molar-refractivity contribution in [3.63, 3.8) is 0 Å². The number of alkyl halides is 3. The Morgan fingerprint density at radius 2 is 1.97 bits per heavy atom. The van der Waals surface area contributed by atoms with E-state index in [-0.39, 0.29) is 29.5 Å². The van der Waals surface area contributed by atoms with Crippen molar-refractivity contribution in [1.29, 1.82) is 0 Å². The fraction of sp³-hybridized carbons (Fsp3) is 0.190. The first-order valence-corrected chi connectivity index (χ1v) is 11.1. The highest BCUT2D eigenvalue weighted by molar-refractivity contribution is 9.09. The summed E-state index contributed by atoms with van der Waals surface area (Å²) in [6.45, 7) is -3.57.